The molecule has 1 amide bonds. The quantitative estimate of drug-likeness (QED) is 0.646. The molecule has 0 atom stereocenters. The first-order chi connectivity index (χ1) is 13.5. The largest absolute Gasteiger partial charge is 0.494 e. The van der Waals surface area contributed by atoms with Crippen molar-refractivity contribution < 1.29 is 9.53 Å². The number of aromatic nitrogens is 2. The molecule has 0 spiro atoms. The first-order valence-corrected chi connectivity index (χ1v) is 9.19. The second kappa shape index (κ2) is 8.52. The van der Waals surface area contributed by atoms with E-state index in [9.17, 15) is 4.79 Å². The summed E-state index contributed by atoms with van der Waals surface area (Å²) >= 11 is 0. The minimum absolute atomic E-state index is 0.269. The molecule has 2 N–H and O–H groups in total. The van der Waals surface area contributed by atoms with Gasteiger partial charge in [-0.1, -0.05) is 12.1 Å². The minimum atomic E-state index is -0.269. The maximum absolute atomic E-state index is 12.7. The van der Waals surface area contributed by atoms with Gasteiger partial charge in [-0.05, 0) is 75.2 Å². The molecule has 0 unspecified atom stereocenters. The van der Waals surface area contributed by atoms with Crippen LogP contribution < -0.4 is 15.4 Å². The molecule has 144 valence electrons. The Hall–Kier alpha value is -3.41. The smallest absolute Gasteiger partial charge is 0.274 e. The molecule has 1 aromatic heterocycles. The van der Waals surface area contributed by atoms with Gasteiger partial charge in [0.25, 0.3) is 5.91 Å². The normalized spacial score (nSPS) is 10.4. The van der Waals surface area contributed by atoms with E-state index in [1.54, 1.807) is 6.07 Å². The predicted molar refractivity (Wildman–Crippen MR) is 112 cm³/mol. The van der Waals surface area contributed by atoms with Crippen LogP contribution in [0.5, 0.6) is 5.75 Å². The molecule has 0 fully saturated rings. The molecule has 0 bridgehead atoms. The molecule has 6 nitrogen and oxygen atoms in total. The summed E-state index contributed by atoms with van der Waals surface area (Å²) in [4.78, 5) is 21.5. The van der Waals surface area contributed by atoms with Crippen molar-refractivity contribution in [3.8, 4) is 5.75 Å². The van der Waals surface area contributed by atoms with Crippen LogP contribution in [0.2, 0.25) is 0 Å². The Balaban J connectivity index is 1.78. The fourth-order valence-corrected chi connectivity index (χ4v) is 2.74. The van der Waals surface area contributed by atoms with Crippen LogP contribution in [-0.2, 0) is 0 Å². The third-order valence-corrected chi connectivity index (χ3v) is 4.36. The Morgan fingerprint density at radius 2 is 1.79 bits per heavy atom. The van der Waals surface area contributed by atoms with Crippen molar-refractivity contribution in [2.45, 2.75) is 27.7 Å². The second-order valence-electron chi connectivity index (χ2n) is 6.50. The maximum Gasteiger partial charge on any atom is 0.274 e. The van der Waals surface area contributed by atoms with Crippen LogP contribution in [0, 0.1) is 20.8 Å². The number of hydrogen-bond acceptors (Lipinski definition) is 5. The van der Waals surface area contributed by atoms with Crippen LogP contribution in [-0.4, -0.2) is 22.5 Å². The van der Waals surface area contributed by atoms with Crippen molar-refractivity contribution >= 4 is 23.2 Å². The van der Waals surface area contributed by atoms with E-state index in [2.05, 4.69) is 20.6 Å². The van der Waals surface area contributed by atoms with Gasteiger partial charge < -0.3 is 15.4 Å². The second-order valence-corrected chi connectivity index (χ2v) is 6.50. The molecular formula is C22H24N4O2. The lowest BCUT2D eigenvalue weighted by molar-refractivity contribution is 0.102. The standard InChI is InChI=1S/C22H24N4O2/c1-5-28-18-11-9-17(10-12-18)24-22-23-15(3)13-20(26-22)21(27)25-19-8-6-7-14(2)16(19)4/h6-13H,5H2,1-4H3,(H,25,27)(H,23,24,26). The molecular weight excluding hydrogens is 352 g/mol. The van der Waals surface area contributed by atoms with Crippen molar-refractivity contribution in [3.05, 3.63) is 71.0 Å². The number of rotatable bonds is 6. The number of hydrogen-bond donors (Lipinski definition) is 2. The highest BCUT2D eigenvalue weighted by Crippen LogP contribution is 2.21. The third kappa shape index (κ3) is 4.65. The van der Waals surface area contributed by atoms with Crippen LogP contribution in [0.25, 0.3) is 0 Å². The third-order valence-electron chi connectivity index (χ3n) is 4.36. The van der Waals surface area contributed by atoms with Crippen LogP contribution in [0.1, 0.15) is 34.2 Å². The highest BCUT2D eigenvalue weighted by molar-refractivity contribution is 6.03. The lowest BCUT2D eigenvalue weighted by Crippen LogP contribution is -2.16. The summed E-state index contributed by atoms with van der Waals surface area (Å²) in [5.74, 6) is 0.899. The molecule has 2 aromatic carbocycles. The summed E-state index contributed by atoms with van der Waals surface area (Å²) in [7, 11) is 0. The van der Waals surface area contributed by atoms with E-state index in [0.717, 1.165) is 28.3 Å². The average Bonchev–Trinajstić information content (AvgIpc) is 2.67. The number of benzene rings is 2. The number of carbonyl (C=O) groups is 1. The summed E-state index contributed by atoms with van der Waals surface area (Å²) in [6, 6.07) is 15.0. The Morgan fingerprint density at radius 1 is 1.04 bits per heavy atom. The van der Waals surface area contributed by atoms with Gasteiger partial charge in [-0.15, -0.1) is 0 Å². The Labute approximate surface area is 165 Å². The zero-order valence-electron chi connectivity index (χ0n) is 16.5. The molecule has 0 radical (unpaired) electrons. The van der Waals surface area contributed by atoms with E-state index >= 15 is 0 Å². The molecule has 0 aliphatic carbocycles. The van der Waals surface area contributed by atoms with Gasteiger partial charge >= 0.3 is 0 Å². The van der Waals surface area contributed by atoms with Gasteiger partial charge in [-0.3, -0.25) is 4.79 Å². The molecule has 1 heterocycles. The molecule has 0 aliphatic heterocycles. The highest BCUT2D eigenvalue weighted by atomic mass is 16.5. The fourth-order valence-electron chi connectivity index (χ4n) is 2.74. The van der Waals surface area contributed by atoms with Gasteiger partial charge in [0, 0.05) is 17.1 Å². The molecule has 6 heteroatoms. The van der Waals surface area contributed by atoms with Crippen LogP contribution in [0.15, 0.2) is 48.5 Å². The molecule has 0 saturated carbocycles. The maximum atomic E-state index is 12.7. The van der Waals surface area contributed by atoms with E-state index < -0.39 is 0 Å². The summed E-state index contributed by atoms with van der Waals surface area (Å²) in [5.41, 5.74) is 4.76. The average molecular weight is 376 g/mol. The van der Waals surface area contributed by atoms with E-state index in [4.69, 9.17) is 4.74 Å². The summed E-state index contributed by atoms with van der Waals surface area (Å²) in [5, 5.41) is 6.07. The van der Waals surface area contributed by atoms with Gasteiger partial charge in [-0.25, -0.2) is 9.97 Å². The van der Waals surface area contributed by atoms with E-state index in [0.29, 0.717) is 23.9 Å². The topological polar surface area (TPSA) is 76.1 Å². The minimum Gasteiger partial charge on any atom is -0.494 e. The Morgan fingerprint density at radius 3 is 2.50 bits per heavy atom. The fraction of sp³-hybridized carbons (Fsp3) is 0.227. The van der Waals surface area contributed by atoms with Crippen LogP contribution >= 0.6 is 0 Å². The van der Waals surface area contributed by atoms with Crippen molar-refractivity contribution in [2.24, 2.45) is 0 Å². The molecule has 28 heavy (non-hydrogen) atoms. The van der Waals surface area contributed by atoms with Crippen molar-refractivity contribution in [2.75, 3.05) is 17.2 Å². The number of carbonyl (C=O) groups excluding carboxylic acids is 1. The number of nitrogens with zero attached hydrogens (tertiary/aromatic N) is 2. The number of aryl methyl sites for hydroxylation is 2. The highest BCUT2D eigenvalue weighted by Gasteiger charge is 2.13. The Kier molecular flexibility index (Phi) is 5.89. The first-order valence-electron chi connectivity index (χ1n) is 9.19. The predicted octanol–water partition coefficient (Wildman–Crippen LogP) is 4.80. The number of ether oxygens (including phenoxy) is 1. The number of nitrogens with one attached hydrogen (secondary N) is 2. The van der Waals surface area contributed by atoms with Gasteiger partial charge in [0.15, 0.2) is 0 Å². The molecule has 0 aliphatic rings. The molecule has 3 rings (SSSR count). The molecule has 3 aromatic rings. The van der Waals surface area contributed by atoms with Gasteiger partial charge in [0.05, 0.1) is 6.61 Å². The summed E-state index contributed by atoms with van der Waals surface area (Å²) in [6.07, 6.45) is 0. The van der Waals surface area contributed by atoms with Gasteiger partial charge in [-0.2, -0.15) is 0 Å². The summed E-state index contributed by atoms with van der Waals surface area (Å²) < 4.78 is 5.44. The lowest BCUT2D eigenvalue weighted by Gasteiger charge is -2.12. The van der Waals surface area contributed by atoms with E-state index in [1.165, 1.54) is 0 Å². The monoisotopic (exact) mass is 376 g/mol. The van der Waals surface area contributed by atoms with Crippen LogP contribution in [0.4, 0.5) is 17.3 Å². The first kappa shape index (κ1) is 19.4. The Bertz CT molecular complexity index is 984. The van der Waals surface area contributed by atoms with Crippen molar-refractivity contribution in [1.29, 1.82) is 0 Å². The van der Waals surface area contributed by atoms with E-state index in [1.807, 2.05) is 70.2 Å². The SMILES string of the molecule is CCOc1ccc(Nc2nc(C)cc(C(=O)Nc3cccc(C)c3C)n2)cc1. The van der Waals surface area contributed by atoms with Crippen LogP contribution in [0.3, 0.4) is 0 Å². The van der Waals surface area contributed by atoms with Gasteiger partial charge in [0.1, 0.15) is 11.4 Å². The zero-order valence-corrected chi connectivity index (χ0v) is 16.5. The lowest BCUT2D eigenvalue weighted by atomic mass is 10.1. The zero-order chi connectivity index (χ0) is 20.1. The number of anilines is 3. The van der Waals surface area contributed by atoms with E-state index in [-0.39, 0.29) is 5.91 Å². The van der Waals surface area contributed by atoms with Crippen molar-refractivity contribution in [1.82, 2.24) is 9.97 Å². The summed E-state index contributed by atoms with van der Waals surface area (Å²) in [6.45, 7) is 8.39. The number of amides is 1. The van der Waals surface area contributed by atoms with Crippen molar-refractivity contribution in [3.63, 3.8) is 0 Å². The molecule has 0 saturated heterocycles. The van der Waals surface area contributed by atoms with Gasteiger partial charge in [0.2, 0.25) is 5.95 Å².